The van der Waals surface area contributed by atoms with E-state index in [4.69, 9.17) is 23.6 Å². The van der Waals surface area contributed by atoms with Gasteiger partial charge in [-0.05, 0) is 48.3 Å². The topological polar surface area (TPSA) is 99.9 Å². The van der Waals surface area contributed by atoms with Crippen LogP contribution in [0.4, 0.5) is 5.69 Å². The number of para-hydroxylation sites is 1. The molecule has 1 amide bonds. The number of ether oxygens (including phenoxy) is 3. The first-order valence-corrected chi connectivity index (χ1v) is 11.4. The Morgan fingerprint density at radius 1 is 1.03 bits per heavy atom. The van der Waals surface area contributed by atoms with E-state index in [1.807, 2.05) is 42.5 Å². The van der Waals surface area contributed by atoms with Gasteiger partial charge >= 0.3 is 5.97 Å². The standard InChI is InChI=1S/C28H24N2O6/c1-33-20-13-18(14-21(15-20)34-2)29-25(31)16-36-28(32)26-22-7-3-4-8-24(22)30-27-17(9-10-23(26)27)12-19-6-5-11-35-19/h3-8,11-15H,9-10,16H2,1-2H3,(H,29,31)/b17-12+. The number of allylic oxidation sites excluding steroid dienone is 1. The number of furan rings is 1. The number of hydrogen-bond acceptors (Lipinski definition) is 7. The number of hydrogen-bond donors (Lipinski definition) is 1. The molecule has 0 spiro atoms. The number of fused-ring (bicyclic) bond motifs is 2. The van der Waals surface area contributed by atoms with E-state index >= 15 is 0 Å². The highest BCUT2D eigenvalue weighted by molar-refractivity contribution is 6.08. The number of esters is 1. The van der Waals surface area contributed by atoms with E-state index in [1.54, 1.807) is 24.5 Å². The van der Waals surface area contributed by atoms with Crippen LogP contribution in [-0.2, 0) is 16.0 Å². The van der Waals surface area contributed by atoms with Crippen LogP contribution in [0, 0.1) is 0 Å². The predicted molar refractivity (Wildman–Crippen MR) is 135 cm³/mol. The highest BCUT2D eigenvalue weighted by Crippen LogP contribution is 2.38. The number of carbonyl (C=O) groups excluding carboxylic acids is 2. The third-order valence-electron chi connectivity index (χ3n) is 5.98. The van der Waals surface area contributed by atoms with Gasteiger partial charge in [0.25, 0.3) is 5.91 Å². The SMILES string of the molecule is COc1cc(NC(=O)COC(=O)c2c3c(nc4ccccc24)/C(=C/c2ccco2)CC3)cc(OC)c1. The van der Waals surface area contributed by atoms with E-state index in [0.29, 0.717) is 40.1 Å². The highest BCUT2D eigenvalue weighted by atomic mass is 16.5. The first kappa shape index (κ1) is 23.2. The molecule has 0 saturated heterocycles. The minimum Gasteiger partial charge on any atom is -0.497 e. The molecule has 0 radical (unpaired) electrons. The number of benzene rings is 2. The lowest BCUT2D eigenvalue weighted by Crippen LogP contribution is -2.21. The molecule has 182 valence electrons. The first-order chi connectivity index (χ1) is 17.6. The Kier molecular flexibility index (Phi) is 6.40. The third-order valence-corrected chi connectivity index (χ3v) is 5.98. The van der Waals surface area contributed by atoms with Crippen LogP contribution in [0.1, 0.15) is 33.8 Å². The van der Waals surface area contributed by atoms with Crippen molar-refractivity contribution in [2.45, 2.75) is 12.8 Å². The molecule has 8 nitrogen and oxygen atoms in total. The van der Waals surface area contributed by atoms with Crippen LogP contribution in [0.15, 0.2) is 65.3 Å². The second kappa shape index (κ2) is 9.95. The highest BCUT2D eigenvalue weighted by Gasteiger charge is 2.28. The summed E-state index contributed by atoms with van der Waals surface area (Å²) in [5, 5.41) is 3.40. The lowest BCUT2D eigenvalue weighted by atomic mass is 10.0. The van der Waals surface area contributed by atoms with Crippen molar-refractivity contribution in [1.29, 1.82) is 0 Å². The minimum atomic E-state index is -0.567. The summed E-state index contributed by atoms with van der Waals surface area (Å²) in [5.74, 6) is 0.732. The Morgan fingerprint density at radius 3 is 2.53 bits per heavy atom. The quantitative estimate of drug-likeness (QED) is 0.363. The zero-order valence-electron chi connectivity index (χ0n) is 19.9. The lowest BCUT2D eigenvalue weighted by molar-refractivity contribution is -0.119. The number of carbonyl (C=O) groups is 2. The average molecular weight is 485 g/mol. The second-order valence-corrected chi connectivity index (χ2v) is 8.24. The number of rotatable bonds is 7. The number of aromatic nitrogens is 1. The van der Waals surface area contributed by atoms with E-state index in [-0.39, 0.29) is 0 Å². The van der Waals surface area contributed by atoms with Crippen LogP contribution in [0.3, 0.4) is 0 Å². The molecule has 2 aromatic carbocycles. The maximum atomic E-state index is 13.3. The number of methoxy groups -OCH3 is 2. The van der Waals surface area contributed by atoms with Gasteiger partial charge in [-0.1, -0.05) is 18.2 Å². The minimum absolute atomic E-state index is 0.439. The van der Waals surface area contributed by atoms with Crippen molar-refractivity contribution < 1.29 is 28.2 Å². The van der Waals surface area contributed by atoms with Gasteiger partial charge < -0.3 is 23.9 Å². The molecule has 0 aliphatic heterocycles. The maximum Gasteiger partial charge on any atom is 0.339 e. The van der Waals surface area contributed by atoms with Crippen molar-refractivity contribution >= 4 is 40.1 Å². The zero-order valence-corrected chi connectivity index (χ0v) is 19.9. The van der Waals surface area contributed by atoms with E-state index in [0.717, 1.165) is 29.0 Å². The summed E-state index contributed by atoms with van der Waals surface area (Å²) in [6.07, 6.45) is 4.92. The molecule has 5 rings (SSSR count). The van der Waals surface area contributed by atoms with Gasteiger partial charge in [-0.2, -0.15) is 0 Å². The van der Waals surface area contributed by atoms with Crippen molar-refractivity contribution in [3.05, 3.63) is 83.4 Å². The molecule has 4 aromatic rings. The number of nitrogens with zero attached hydrogens (tertiary/aromatic N) is 1. The number of nitrogens with one attached hydrogen (secondary N) is 1. The lowest BCUT2D eigenvalue weighted by Gasteiger charge is -2.13. The zero-order chi connectivity index (χ0) is 25.1. The summed E-state index contributed by atoms with van der Waals surface area (Å²) >= 11 is 0. The number of pyridine rings is 1. The van der Waals surface area contributed by atoms with E-state index in [2.05, 4.69) is 5.32 Å². The van der Waals surface area contributed by atoms with Gasteiger partial charge in [-0.25, -0.2) is 9.78 Å². The summed E-state index contributed by atoms with van der Waals surface area (Å²) in [4.78, 5) is 30.7. The molecule has 1 aliphatic carbocycles. The molecule has 0 atom stereocenters. The summed E-state index contributed by atoms with van der Waals surface area (Å²) in [6, 6.07) is 16.1. The van der Waals surface area contributed by atoms with Gasteiger partial charge in [-0.3, -0.25) is 4.79 Å². The van der Waals surface area contributed by atoms with Crippen molar-refractivity contribution in [3.63, 3.8) is 0 Å². The van der Waals surface area contributed by atoms with Crippen LogP contribution in [-0.4, -0.2) is 37.7 Å². The van der Waals surface area contributed by atoms with Gasteiger partial charge in [0.15, 0.2) is 6.61 Å². The Morgan fingerprint density at radius 2 is 1.81 bits per heavy atom. The fourth-order valence-corrected chi connectivity index (χ4v) is 4.34. The summed E-state index contributed by atoms with van der Waals surface area (Å²) in [7, 11) is 3.05. The van der Waals surface area contributed by atoms with Crippen molar-refractivity contribution in [1.82, 2.24) is 4.98 Å². The molecule has 0 fully saturated rings. The number of amides is 1. The van der Waals surface area contributed by atoms with Crippen molar-refractivity contribution in [3.8, 4) is 11.5 Å². The smallest absolute Gasteiger partial charge is 0.339 e. The largest absolute Gasteiger partial charge is 0.497 e. The molecule has 0 unspecified atom stereocenters. The molecular weight excluding hydrogens is 460 g/mol. The Labute approximate surface area is 207 Å². The van der Waals surface area contributed by atoms with E-state index in [9.17, 15) is 9.59 Å². The Balaban J connectivity index is 1.39. The third kappa shape index (κ3) is 4.65. The summed E-state index contributed by atoms with van der Waals surface area (Å²) < 4.78 is 21.4. The molecule has 1 N–H and O–H groups in total. The molecule has 2 aromatic heterocycles. The van der Waals surface area contributed by atoms with Gasteiger partial charge in [0.2, 0.25) is 0 Å². The monoisotopic (exact) mass is 484 g/mol. The number of anilines is 1. The molecule has 8 heteroatoms. The van der Waals surface area contributed by atoms with E-state index in [1.165, 1.54) is 14.2 Å². The maximum absolute atomic E-state index is 13.3. The molecule has 36 heavy (non-hydrogen) atoms. The summed E-state index contributed by atoms with van der Waals surface area (Å²) in [6.45, 7) is -0.446. The predicted octanol–water partition coefficient (Wildman–Crippen LogP) is 5.13. The Bertz CT molecular complexity index is 1450. The molecule has 1 aliphatic rings. The van der Waals surface area contributed by atoms with Crippen LogP contribution < -0.4 is 14.8 Å². The van der Waals surface area contributed by atoms with Crippen LogP contribution in [0.25, 0.3) is 22.6 Å². The Hall–Kier alpha value is -4.59. The molecular formula is C28H24N2O6. The van der Waals surface area contributed by atoms with Crippen molar-refractivity contribution in [2.75, 3.05) is 26.1 Å². The molecule has 2 heterocycles. The van der Waals surface area contributed by atoms with Crippen LogP contribution in [0.5, 0.6) is 11.5 Å². The average Bonchev–Trinajstić information content (AvgIpc) is 3.56. The normalized spacial score (nSPS) is 13.4. The van der Waals surface area contributed by atoms with Gasteiger partial charge in [0.1, 0.15) is 17.3 Å². The fourth-order valence-electron chi connectivity index (χ4n) is 4.34. The molecule has 0 saturated carbocycles. The van der Waals surface area contributed by atoms with Gasteiger partial charge in [0.05, 0.1) is 37.3 Å². The van der Waals surface area contributed by atoms with Gasteiger partial charge in [-0.15, -0.1) is 0 Å². The van der Waals surface area contributed by atoms with E-state index < -0.39 is 18.5 Å². The van der Waals surface area contributed by atoms with Gasteiger partial charge in [0, 0.05) is 29.3 Å². The van der Waals surface area contributed by atoms with Crippen LogP contribution in [0.2, 0.25) is 0 Å². The summed E-state index contributed by atoms with van der Waals surface area (Å²) in [5.41, 5.74) is 4.15. The second-order valence-electron chi connectivity index (χ2n) is 8.24. The van der Waals surface area contributed by atoms with Crippen molar-refractivity contribution in [2.24, 2.45) is 0 Å². The van der Waals surface area contributed by atoms with Crippen LogP contribution >= 0.6 is 0 Å². The molecule has 0 bridgehead atoms. The first-order valence-electron chi connectivity index (χ1n) is 11.4. The fraction of sp³-hybridized carbons (Fsp3) is 0.179.